The zero-order chi connectivity index (χ0) is 23.3. The van der Waals surface area contributed by atoms with Gasteiger partial charge in [-0.15, -0.1) is 0 Å². The molecule has 0 unspecified atom stereocenters. The van der Waals surface area contributed by atoms with E-state index in [0.717, 1.165) is 16.3 Å². The largest absolute Gasteiger partial charge is 0.478 e. The molecule has 6 heteroatoms. The van der Waals surface area contributed by atoms with Gasteiger partial charge in [-0.2, -0.15) is 0 Å². The molecule has 3 N–H and O–H groups in total. The third-order valence-corrected chi connectivity index (χ3v) is 6.24. The van der Waals surface area contributed by atoms with Crippen molar-refractivity contribution >= 4 is 28.5 Å². The Bertz CT molecular complexity index is 1410. The van der Waals surface area contributed by atoms with Gasteiger partial charge in [0.2, 0.25) is 0 Å². The monoisotopic (exact) mass is 438 g/mol. The van der Waals surface area contributed by atoms with E-state index in [-0.39, 0.29) is 28.7 Å². The molecule has 1 aliphatic carbocycles. The van der Waals surface area contributed by atoms with Gasteiger partial charge in [0.1, 0.15) is 5.60 Å². The third kappa shape index (κ3) is 3.20. The minimum absolute atomic E-state index is 0.0488. The number of hydrogen-bond donors (Lipinski definition) is 3. The van der Waals surface area contributed by atoms with Gasteiger partial charge in [0.05, 0.1) is 11.1 Å². The Balaban J connectivity index is 1.77. The average Bonchev–Trinajstić information content (AvgIpc) is 2.82. The van der Waals surface area contributed by atoms with Crippen molar-refractivity contribution < 1.29 is 29.7 Å². The summed E-state index contributed by atoms with van der Waals surface area (Å²) in [6.45, 7) is 0. The Morgan fingerprint density at radius 2 is 1.27 bits per heavy atom. The molecule has 4 aromatic carbocycles. The number of aliphatic hydroxyl groups is 1. The van der Waals surface area contributed by atoms with Crippen LogP contribution in [0.3, 0.4) is 0 Å². The highest BCUT2D eigenvalue weighted by Crippen LogP contribution is 2.43. The predicted octanol–water partition coefficient (Wildman–Crippen LogP) is 4.26. The fourth-order valence-electron chi connectivity index (χ4n) is 4.65. The van der Waals surface area contributed by atoms with Crippen molar-refractivity contribution in [2.24, 2.45) is 0 Å². The highest BCUT2D eigenvalue weighted by Gasteiger charge is 2.43. The Hall–Kier alpha value is -4.29. The lowest BCUT2D eigenvalue weighted by molar-refractivity contribution is 0.0686. The van der Waals surface area contributed by atoms with Crippen LogP contribution in [0.1, 0.15) is 53.3 Å². The zero-order valence-electron chi connectivity index (χ0n) is 17.3. The maximum atomic E-state index is 13.3. The van der Waals surface area contributed by atoms with Crippen LogP contribution in [0.15, 0.2) is 78.9 Å². The van der Waals surface area contributed by atoms with Crippen molar-refractivity contribution in [1.82, 2.24) is 0 Å². The van der Waals surface area contributed by atoms with Crippen LogP contribution in [0.25, 0.3) is 10.8 Å². The van der Waals surface area contributed by atoms with Gasteiger partial charge in [0.15, 0.2) is 5.78 Å². The zero-order valence-corrected chi connectivity index (χ0v) is 17.3. The normalized spacial score (nSPS) is 13.9. The van der Waals surface area contributed by atoms with Gasteiger partial charge >= 0.3 is 11.9 Å². The molecule has 1 aliphatic rings. The molecule has 0 bridgehead atoms. The minimum Gasteiger partial charge on any atom is -0.478 e. The van der Waals surface area contributed by atoms with Crippen LogP contribution in [0.4, 0.5) is 0 Å². The number of hydrogen-bond acceptors (Lipinski definition) is 4. The summed E-state index contributed by atoms with van der Waals surface area (Å²) >= 11 is 0. The van der Waals surface area contributed by atoms with Gasteiger partial charge in [0, 0.05) is 17.5 Å². The van der Waals surface area contributed by atoms with E-state index >= 15 is 0 Å². The fourth-order valence-corrected chi connectivity index (χ4v) is 4.65. The number of carboxylic acid groups (broad SMARTS) is 2. The second kappa shape index (κ2) is 7.39. The van der Waals surface area contributed by atoms with Crippen molar-refractivity contribution in [3.05, 3.63) is 118 Å². The molecule has 0 aromatic heterocycles. The number of benzene rings is 4. The first kappa shape index (κ1) is 20.6. The molecule has 0 amide bonds. The minimum atomic E-state index is -1.67. The summed E-state index contributed by atoms with van der Waals surface area (Å²) in [5.41, 5.74) is -0.328. The van der Waals surface area contributed by atoms with Crippen LogP contribution in [0, 0.1) is 0 Å². The standard InChI is InChI=1S/C27H18O6/c28-24-20-12-16(25(29)30)8-10-22(20)27(33,23-11-9-17(26(31)32)13-21(23)24)14-18-6-3-5-15-4-1-2-7-19(15)18/h1-13,33H,14H2,(H,29,30)(H,31,32). The van der Waals surface area contributed by atoms with Crippen molar-refractivity contribution in [2.45, 2.75) is 12.0 Å². The van der Waals surface area contributed by atoms with E-state index < -0.39 is 23.3 Å². The molecule has 33 heavy (non-hydrogen) atoms. The molecule has 0 saturated heterocycles. The smallest absolute Gasteiger partial charge is 0.335 e. The van der Waals surface area contributed by atoms with Gasteiger partial charge in [-0.1, -0.05) is 54.6 Å². The lowest BCUT2D eigenvalue weighted by atomic mass is 9.70. The maximum Gasteiger partial charge on any atom is 0.335 e. The summed E-state index contributed by atoms with van der Waals surface area (Å²) in [5, 5.41) is 32.9. The summed E-state index contributed by atoms with van der Waals surface area (Å²) in [5.74, 6) is -2.92. The lowest BCUT2D eigenvalue weighted by Gasteiger charge is -2.36. The second-order valence-corrected chi connectivity index (χ2v) is 8.14. The lowest BCUT2D eigenvalue weighted by Crippen LogP contribution is -2.38. The van der Waals surface area contributed by atoms with Gasteiger partial charge in [-0.25, -0.2) is 9.59 Å². The Labute approximate surface area is 188 Å². The summed E-state index contributed by atoms with van der Waals surface area (Å²) in [6.07, 6.45) is 0.112. The number of fused-ring (bicyclic) bond motifs is 3. The van der Waals surface area contributed by atoms with E-state index in [0.29, 0.717) is 11.1 Å². The third-order valence-electron chi connectivity index (χ3n) is 6.24. The molecule has 0 spiro atoms. The summed E-state index contributed by atoms with van der Waals surface area (Å²) in [6, 6.07) is 21.6. The average molecular weight is 438 g/mol. The molecule has 0 heterocycles. The van der Waals surface area contributed by atoms with Crippen LogP contribution < -0.4 is 0 Å². The highest BCUT2D eigenvalue weighted by molar-refractivity contribution is 6.14. The summed E-state index contributed by atoms with van der Waals surface area (Å²) in [4.78, 5) is 36.4. The fraction of sp³-hybridized carbons (Fsp3) is 0.0741. The topological polar surface area (TPSA) is 112 Å². The molecular formula is C27H18O6. The quantitative estimate of drug-likeness (QED) is 0.439. The second-order valence-electron chi connectivity index (χ2n) is 8.14. The van der Waals surface area contributed by atoms with Gasteiger partial charge < -0.3 is 15.3 Å². The summed E-state index contributed by atoms with van der Waals surface area (Å²) in [7, 11) is 0. The number of carbonyl (C=O) groups is 3. The molecule has 0 aliphatic heterocycles. The van der Waals surface area contributed by atoms with Gasteiger partial charge in [-0.3, -0.25) is 4.79 Å². The van der Waals surface area contributed by atoms with E-state index in [1.807, 2.05) is 42.5 Å². The Morgan fingerprint density at radius 1 is 0.727 bits per heavy atom. The molecule has 162 valence electrons. The Kier molecular flexibility index (Phi) is 4.62. The molecule has 0 fully saturated rings. The van der Waals surface area contributed by atoms with Crippen molar-refractivity contribution in [3.8, 4) is 0 Å². The first-order valence-electron chi connectivity index (χ1n) is 10.3. The van der Waals surface area contributed by atoms with Crippen molar-refractivity contribution in [3.63, 3.8) is 0 Å². The first-order chi connectivity index (χ1) is 15.8. The van der Waals surface area contributed by atoms with Crippen LogP contribution >= 0.6 is 0 Å². The molecular weight excluding hydrogens is 420 g/mol. The first-order valence-corrected chi connectivity index (χ1v) is 10.3. The van der Waals surface area contributed by atoms with Crippen LogP contribution in [0.5, 0.6) is 0 Å². The highest BCUT2D eigenvalue weighted by atomic mass is 16.4. The van der Waals surface area contributed by atoms with Crippen LogP contribution in [0.2, 0.25) is 0 Å². The van der Waals surface area contributed by atoms with Crippen molar-refractivity contribution in [1.29, 1.82) is 0 Å². The van der Waals surface area contributed by atoms with Gasteiger partial charge in [0.25, 0.3) is 0 Å². The molecule has 0 saturated carbocycles. The number of rotatable bonds is 4. The molecule has 0 radical (unpaired) electrons. The van der Waals surface area contributed by atoms with E-state index in [2.05, 4.69) is 0 Å². The molecule has 4 aromatic rings. The van der Waals surface area contributed by atoms with E-state index in [1.165, 1.54) is 36.4 Å². The number of ketones is 1. The number of carbonyl (C=O) groups excluding carboxylic acids is 1. The Morgan fingerprint density at radius 3 is 1.85 bits per heavy atom. The van der Waals surface area contributed by atoms with Gasteiger partial charge in [-0.05, 0) is 51.7 Å². The van der Waals surface area contributed by atoms with E-state index in [4.69, 9.17) is 0 Å². The SMILES string of the molecule is O=C(O)c1ccc2c(c1)C(=O)c1cc(C(=O)O)ccc1C2(O)Cc1cccc2ccccc12. The molecule has 6 nitrogen and oxygen atoms in total. The van der Waals surface area contributed by atoms with Crippen LogP contribution in [-0.4, -0.2) is 33.0 Å². The molecule has 5 rings (SSSR count). The van der Waals surface area contributed by atoms with E-state index in [1.54, 1.807) is 0 Å². The summed E-state index contributed by atoms with van der Waals surface area (Å²) < 4.78 is 0. The molecule has 0 atom stereocenters. The van der Waals surface area contributed by atoms with E-state index in [9.17, 15) is 29.7 Å². The predicted molar refractivity (Wildman–Crippen MR) is 121 cm³/mol. The van der Waals surface area contributed by atoms with Crippen LogP contribution in [-0.2, 0) is 12.0 Å². The number of carboxylic acids is 2. The number of aromatic carboxylic acids is 2. The maximum absolute atomic E-state index is 13.3. The van der Waals surface area contributed by atoms with Crippen molar-refractivity contribution in [2.75, 3.05) is 0 Å².